The van der Waals surface area contributed by atoms with Crippen molar-refractivity contribution in [3.05, 3.63) is 59.1 Å². The fourth-order valence-electron chi connectivity index (χ4n) is 1.77. The minimum Gasteiger partial charge on any atom is -0.494 e. The number of amides is 1. The van der Waals surface area contributed by atoms with Crippen molar-refractivity contribution in [3.8, 4) is 5.75 Å². The van der Waals surface area contributed by atoms with E-state index in [-0.39, 0.29) is 5.91 Å². The van der Waals surface area contributed by atoms with Crippen molar-refractivity contribution in [1.29, 1.82) is 0 Å². The Kier molecular flexibility index (Phi) is 5.46. The van der Waals surface area contributed by atoms with E-state index in [4.69, 9.17) is 22.1 Å². The monoisotopic (exact) mass is 304 g/mol. The predicted octanol–water partition coefficient (Wildman–Crippen LogP) is 3.12. The molecule has 0 aromatic heterocycles. The van der Waals surface area contributed by atoms with Gasteiger partial charge in [-0.2, -0.15) is 0 Å². The van der Waals surface area contributed by atoms with E-state index >= 15 is 0 Å². The molecule has 0 radical (unpaired) electrons. The number of nitrogens with one attached hydrogen (secondary N) is 1. The van der Waals surface area contributed by atoms with Gasteiger partial charge in [0, 0.05) is 12.1 Å². The first-order valence-corrected chi connectivity index (χ1v) is 7.05. The SMILES string of the molecule is Nc1cc(C(=O)NCCCOc2ccccc2)ccc1Cl. The van der Waals surface area contributed by atoms with Crippen molar-refractivity contribution in [3.63, 3.8) is 0 Å². The Morgan fingerprint density at radius 2 is 1.95 bits per heavy atom. The number of ether oxygens (including phenoxy) is 1. The standard InChI is InChI=1S/C16H17ClN2O2/c17-14-8-7-12(11-15(14)18)16(20)19-9-4-10-21-13-5-2-1-3-6-13/h1-3,5-8,11H,4,9-10,18H2,(H,19,20). The Morgan fingerprint density at radius 3 is 2.67 bits per heavy atom. The van der Waals surface area contributed by atoms with Gasteiger partial charge in [-0.3, -0.25) is 4.79 Å². The maximum Gasteiger partial charge on any atom is 0.251 e. The van der Waals surface area contributed by atoms with Crippen LogP contribution in [0.4, 0.5) is 5.69 Å². The minimum absolute atomic E-state index is 0.168. The van der Waals surface area contributed by atoms with Crippen molar-refractivity contribution in [2.45, 2.75) is 6.42 Å². The lowest BCUT2D eigenvalue weighted by atomic mass is 10.2. The quantitative estimate of drug-likeness (QED) is 0.636. The van der Waals surface area contributed by atoms with Gasteiger partial charge >= 0.3 is 0 Å². The summed E-state index contributed by atoms with van der Waals surface area (Å²) in [7, 11) is 0. The van der Waals surface area contributed by atoms with E-state index < -0.39 is 0 Å². The number of hydrogen-bond donors (Lipinski definition) is 2. The van der Waals surface area contributed by atoms with E-state index in [0.717, 1.165) is 12.2 Å². The highest BCUT2D eigenvalue weighted by atomic mass is 35.5. The van der Waals surface area contributed by atoms with Crippen molar-refractivity contribution >= 4 is 23.2 Å². The van der Waals surface area contributed by atoms with E-state index in [2.05, 4.69) is 5.32 Å². The molecule has 0 aliphatic carbocycles. The second-order valence-electron chi connectivity index (χ2n) is 4.51. The fraction of sp³-hybridized carbons (Fsp3) is 0.188. The zero-order chi connectivity index (χ0) is 15.1. The lowest BCUT2D eigenvalue weighted by molar-refractivity contribution is 0.0951. The van der Waals surface area contributed by atoms with Crippen molar-refractivity contribution in [2.75, 3.05) is 18.9 Å². The topological polar surface area (TPSA) is 64.4 Å². The van der Waals surface area contributed by atoms with E-state index in [0.29, 0.717) is 29.4 Å². The van der Waals surface area contributed by atoms with E-state index in [1.165, 1.54) is 0 Å². The molecule has 5 heteroatoms. The Bertz CT molecular complexity index is 602. The van der Waals surface area contributed by atoms with Gasteiger partial charge in [-0.25, -0.2) is 0 Å². The largest absolute Gasteiger partial charge is 0.494 e. The summed E-state index contributed by atoms with van der Waals surface area (Å²) in [5.41, 5.74) is 6.57. The Hall–Kier alpha value is -2.20. The van der Waals surface area contributed by atoms with Gasteiger partial charge in [0.25, 0.3) is 5.91 Å². The van der Waals surface area contributed by atoms with Crippen LogP contribution in [0.3, 0.4) is 0 Å². The highest BCUT2D eigenvalue weighted by Crippen LogP contribution is 2.19. The van der Waals surface area contributed by atoms with Gasteiger partial charge in [0.15, 0.2) is 0 Å². The van der Waals surface area contributed by atoms with Gasteiger partial charge in [0.2, 0.25) is 0 Å². The van der Waals surface area contributed by atoms with Gasteiger partial charge in [0.05, 0.1) is 17.3 Å². The molecule has 2 rings (SSSR count). The molecule has 0 bridgehead atoms. The van der Waals surface area contributed by atoms with Crippen LogP contribution in [0.1, 0.15) is 16.8 Å². The number of nitrogens with two attached hydrogens (primary N) is 1. The van der Waals surface area contributed by atoms with E-state index in [9.17, 15) is 4.79 Å². The van der Waals surface area contributed by atoms with Crippen LogP contribution in [0.2, 0.25) is 5.02 Å². The molecule has 4 nitrogen and oxygen atoms in total. The number of para-hydroxylation sites is 1. The Morgan fingerprint density at radius 1 is 1.19 bits per heavy atom. The Balaban J connectivity index is 1.71. The fourth-order valence-corrected chi connectivity index (χ4v) is 1.89. The molecule has 0 fully saturated rings. The maximum absolute atomic E-state index is 11.9. The lowest BCUT2D eigenvalue weighted by Crippen LogP contribution is -2.25. The van der Waals surface area contributed by atoms with Crippen LogP contribution < -0.4 is 15.8 Å². The first kappa shape index (κ1) is 15.2. The number of carbonyl (C=O) groups excluding carboxylic acids is 1. The molecule has 0 aliphatic heterocycles. The molecule has 3 N–H and O–H groups in total. The zero-order valence-corrected chi connectivity index (χ0v) is 12.3. The summed E-state index contributed by atoms with van der Waals surface area (Å²) in [4.78, 5) is 11.9. The molecular formula is C16H17ClN2O2. The summed E-state index contributed by atoms with van der Waals surface area (Å²) in [5, 5.41) is 3.26. The highest BCUT2D eigenvalue weighted by Gasteiger charge is 2.06. The molecule has 110 valence electrons. The van der Waals surface area contributed by atoms with Crippen LogP contribution in [0.5, 0.6) is 5.75 Å². The second-order valence-corrected chi connectivity index (χ2v) is 4.91. The lowest BCUT2D eigenvalue weighted by Gasteiger charge is -2.08. The number of carbonyl (C=O) groups is 1. The number of anilines is 1. The highest BCUT2D eigenvalue weighted by molar-refractivity contribution is 6.33. The average molecular weight is 305 g/mol. The molecule has 0 spiro atoms. The van der Waals surface area contributed by atoms with Crippen molar-refractivity contribution in [1.82, 2.24) is 5.32 Å². The van der Waals surface area contributed by atoms with Gasteiger partial charge in [-0.15, -0.1) is 0 Å². The number of benzene rings is 2. The number of halogens is 1. The summed E-state index contributed by atoms with van der Waals surface area (Å²) in [6.45, 7) is 1.08. The zero-order valence-electron chi connectivity index (χ0n) is 11.5. The summed E-state index contributed by atoms with van der Waals surface area (Å²) < 4.78 is 5.54. The first-order chi connectivity index (χ1) is 10.2. The van der Waals surface area contributed by atoms with Crippen LogP contribution in [0.25, 0.3) is 0 Å². The summed E-state index contributed by atoms with van der Waals surface area (Å²) in [5.74, 6) is 0.660. The molecule has 0 aliphatic rings. The van der Waals surface area contributed by atoms with Gasteiger partial charge in [-0.05, 0) is 36.8 Å². The molecule has 21 heavy (non-hydrogen) atoms. The van der Waals surface area contributed by atoms with Crippen LogP contribution in [-0.4, -0.2) is 19.1 Å². The molecule has 0 saturated heterocycles. The third-order valence-corrected chi connectivity index (χ3v) is 3.22. The van der Waals surface area contributed by atoms with Gasteiger partial charge in [0.1, 0.15) is 5.75 Å². The van der Waals surface area contributed by atoms with Crippen molar-refractivity contribution in [2.24, 2.45) is 0 Å². The average Bonchev–Trinajstić information content (AvgIpc) is 2.50. The van der Waals surface area contributed by atoms with E-state index in [1.807, 2.05) is 30.3 Å². The van der Waals surface area contributed by atoms with Crippen LogP contribution in [0.15, 0.2) is 48.5 Å². The molecule has 0 saturated carbocycles. The van der Waals surface area contributed by atoms with Crippen molar-refractivity contribution < 1.29 is 9.53 Å². The van der Waals surface area contributed by atoms with Gasteiger partial charge < -0.3 is 15.8 Å². The second kappa shape index (κ2) is 7.55. The summed E-state index contributed by atoms with van der Waals surface area (Å²) >= 11 is 5.82. The third kappa shape index (κ3) is 4.68. The number of hydrogen-bond acceptors (Lipinski definition) is 3. The van der Waals surface area contributed by atoms with Gasteiger partial charge in [-0.1, -0.05) is 29.8 Å². The van der Waals surface area contributed by atoms with Crippen LogP contribution in [0, 0.1) is 0 Å². The predicted molar refractivity (Wildman–Crippen MR) is 84.8 cm³/mol. The molecule has 0 heterocycles. The summed E-state index contributed by atoms with van der Waals surface area (Å²) in [6, 6.07) is 14.4. The maximum atomic E-state index is 11.9. The third-order valence-electron chi connectivity index (χ3n) is 2.88. The minimum atomic E-state index is -0.168. The number of nitrogen functional groups attached to an aromatic ring is 1. The smallest absolute Gasteiger partial charge is 0.251 e. The molecule has 2 aromatic carbocycles. The number of rotatable bonds is 6. The normalized spacial score (nSPS) is 10.1. The molecule has 0 unspecified atom stereocenters. The first-order valence-electron chi connectivity index (χ1n) is 6.68. The Labute approximate surface area is 128 Å². The van der Waals surface area contributed by atoms with E-state index in [1.54, 1.807) is 18.2 Å². The molecular weight excluding hydrogens is 288 g/mol. The molecule has 0 atom stereocenters. The summed E-state index contributed by atoms with van der Waals surface area (Å²) in [6.07, 6.45) is 0.726. The van der Waals surface area contributed by atoms with Crippen LogP contribution >= 0.6 is 11.6 Å². The van der Waals surface area contributed by atoms with Crippen LogP contribution in [-0.2, 0) is 0 Å². The molecule has 1 amide bonds. The molecule has 2 aromatic rings.